The molecule has 0 saturated carbocycles. The van der Waals surface area contributed by atoms with E-state index in [-0.39, 0.29) is 6.04 Å². The van der Waals surface area contributed by atoms with Gasteiger partial charge in [-0.25, -0.2) is 4.98 Å². The fourth-order valence-corrected chi connectivity index (χ4v) is 2.76. The summed E-state index contributed by atoms with van der Waals surface area (Å²) in [7, 11) is 3.50. The molecule has 0 aromatic carbocycles. The van der Waals surface area contributed by atoms with Gasteiger partial charge in [0.25, 0.3) is 0 Å². The van der Waals surface area contributed by atoms with Crippen LogP contribution >= 0.6 is 11.3 Å². The lowest BCUT2D eigenvalue weighted by atomic mass is 10.1. The summed E-state index contributed by atoms with van der Waals surface area (Å²) in [5.41, 5.74) is 2.00. The second-order valence-corrected chi connectivity index (χ2v) is 5.58. The monoisotopic (exact) mass is 278 g/mol. The van der Waals surface area contributed by atoms with Gasteiger partial charge in [0.1, 0.15) is 0 Å². The summed E-state index contributed by atoms with van der Waals surface area (Å²) in [5, 5.41) is 12.6. The fourth-order valence-electron chi connectivity index (χ4n) is 1.78. The summed E-state index contributed by atoms with van der Waals surface area (Å²) in [5.74, 6) is 0.527. The molecule has 0 fully saturated rings. The molecule has 1 unspecified atom stereocenters. The molecule has 0 spiro atoms. The van der Waals surface area contributed by atoms with E-state index in [1.54, 1.807) is 18.4 Å². The van der Waals surface area contributed by atoms with Crippen molar-refractivity contribution in [2.45, 2.75) is 26.3 Å². The molecule has 2 rings (SSSR count). The molecular weight excluding hydrogens is 260 g/mol. The van der Waals surface area contributed by atoms with Crippen molar-refractivity contribution in [3.8, 4) is 5.88 Å². The molecule has 1 N–H and O–H groups in total. The lowest BCUT2D eigenvalue weighted by Gasteiger charge is -2.13. The number of hydrogen-bond acceptors (Lipinski definition) is 6. The molecule has 19 heavy (non-hydrogen) atoms. The molecule has 5 nitrogen and oxygen atoms in total. The van der Waals surface area contributed by atoms with Crippen LogP contribution in [0, 0.1) is 13.8 Å². The summed E-state index contributed by atoms with van der Waals surface area (Å²) in [6, 6.07) is 3.87. The number of methoxy groups -OCH3 is 1. The van der Waals surface area contributed by atoms with Crippen molar-refractivity contribution in [2.24, 2.45) is 0 Å². The van der Waals surface area contributed by atoms with Crippen molar-refractivity contribution in [1.82, 2.24) is 20.5 Å². The predicted molar refractivity (Wildman–Crippen MR) is 75.7 cm³/mol. The first kappa shape index (κ1) is 13.9. The molecular formula is C13H18N4OS. The second-order valence-electron chi connectivity index (χ2n) is 4.30. The lowest BCUT2D eigenvalue weighted by Crippen LogP contribution is -2.20. The van der Waals surface area contributed by atoms with Crippen LogP contribution in [-0.2, 0) is 6.42 Å². The minimum absolute atomic E-state index is 0.114. The highest BCUT2D eigenvalue weighted by Crippen LogP contribution is 2.22. The highest BCUT2D eigenvalue weighted by molar-refractivity contribution is 7.11. The SMILES string of the molecule is CNC(Cc1nc(C)c(C)s1)c1ccc(OC)nn1. The minimum atomic E-state index is 0.114. The third-order valence-corrected chi connectivity index (χ3v) is 4.12. The Balaban J connectivity index is 2.14. The number of hydrogen-bond donors (Lipinski definition) is 1. The van der Waals surface area contributed by atoms with Crippen LogP contribution in [0.25, 0.3) is 0 Å². The Kier molecular flexibility index (Phi) is 4.44. The van der Waals surface area contributed by atoms with Crippen LogP contribution < -0.4 is 10.1 Å². The van der Waals surface area contributed by atoms with E-state index >= 15 is 0 Å². The molecule has 0 saturated heterocycles. The average molecular weight is 278 g/mol. The summed E-state index contributed by atoms with van der Waals surface area (Å²) in [4.78, 5) is 5.83. The Bertz CT molecular complexity index is 519. The summed E-state index contributed by atoms with van der Waals surface area (Å²) >= 11 is 1.74. The van der Waals surface area contributed by atoms with E-state index in [0.717, 1.165) is 22.8 Å². The first-order valence-corrected chi connectivity index (χ1v) is 6.93. The van der Waals surface area contributed by atoms with Gasteiger partial charge in [0.2, 0.25) is 5.88 Å². The quantitative estimate of drug-likeness (QED) is 0.907. The van der Waals surface area contributed by atoms with Crippen molar-refractivity contribution in [2.75, 3.05) is 14.2 Å². The fraction of sp³-hybridized carbons (Fsp3) is 0.462. The summed E-state index contributed by atoms with van der Waals surface area (Å²) < 4.78 is 5.02. The molecule has 0 aliphatic heterocycles. The maximum absolute atomic E-state index is 5.02. The largest absolute Gasteiger partial charge is 0.480 e. The van der Waals surface area contributed by atoms with Crippen LogP contribution in [-0.4, -0.2) is 29.3 Å². The summed E-state index contributed by atoms with van der Waals surface area (Å²) in [6.45, 7) is 4.13. The molecule has 102 valence electrons. The molecule has 1 atom stereocenters. The van der Waals surface area contributed by atoms with E-state index < -0.39 is 0 Å². The molecule has 0 bridgehead atoms. The van der Waals surface area contributed by atoms with Gasteiger partial charge in [-0.3, -0.25) is 0 Å². The lowest BCUT2D eigenvalue weighted by molar-refractivity contribution is 0.389. The Hall–Kier alpha value is -1.53. The molecule has 2 aromatic heterocycles. The molecule has 0 aliphatic carbocycles. The molecule has 0 amide bonds. The van der Waals surface area contributed by atoms with E-state index in [0.29, 0.717) is 5.88 Å². The number of aryl methyl sites for hydroxylation is 2. The van der Waals surface area contributed by atoms with Crippen LogP contribution in [0.15, 0.2) is 12.1 Å². The van der Waals surface area contributed by atoms with E-state index in [4.69, 9.17) is 4.74 Å². The van der Waals surface area contributed by atoms with Gasteiger partial charge in [-0.2, -0.15) is 5.10 Å². The highest BCUT2D eigenvalue weighted by atomic mass is 32.1. The van der Waals surface area contributed by atoms with Gasteiger partial charge >= 0.3 is 0 Å². The van der Waals surface area contributed by atoms with E-state index in [9.17, 15) is 0 Å². The molecule has 0 aliphatic rings. The van der Waals surface area contributed by atoms with Crippen molar-refractivity contribution >= 4 is 11.3 Å². The van der Waals surface area contributed by atoms with Crippen LogP contribution in [0.3, 0.4) is 0 Å². The van der Waals surface area contributed by atoms with Gasteiger partial charge in [-0.1, -0.05) is 0 Å². The average Bonchev–Trinajstić information content (AvgIpc) is 2.75. The zero-order chi connectivity index (χ0) is 13.8. The maximum atomic E-state index is 5.02. The number of ether oxygens (including phenoxy) is 1. The minimum Gasteiger partial charge on any atom is -0.480 e. The van der Waals surface area contributed by atoms with Crippen molar-refractivity contribution in [1.29, 1.82) is 0 Å². The van der Waals surface area contributed by atoms with Gasteiger partial charge in [-0.15, -0.1) is 16.4 Å². The number of likely N-dealkylation sites (N-methyl/N-ethyl adjacent to an activating group) is 1. The highest BCUT2D eigenvalue weighted by Gasteiger charge is 2.15. The normalized spacial score (nSPS) is 12.4. The number of nitrogens with zero attached hydrogens (tertiary/aromatic N) is 3. The smallest absolute Gasteiger partial charge is 0.233 e. The Labute approximate surface area is 117 Å². The van der Waals surface area contributed by atoms with E-state index in [1.807, 2.05) is 26.1 Å². The Morgan fingerprint density at radius 3 is 2.58 bits per heavy atom. The molecule has 0 radical (unpaired) electrons. The van der Waals surface area contributed by atoms with Crippen molar-refractivity contribution in [3.63, 3.8) is 0 Å². The van der Waals surface area contributed by atoms with Crippen LogP contribution in [0.4, 0.5) is 0 Å². The first-order valence-electron chi connectivity index (χ1n) is 6.11. The standard InChI is InChI=1S/C13H18N4OS/c1-8-9(2)19-13(15-8)7-11(14-3)10-5-6-12(18-4)17-16-10/h5-6,11,14H,7H2,1-4H3. The van der Waals surface area contributed by atoms with Crippen LogP contribution in [0.1, 0.15) is 27.3 Å². The molecule has 2 heterocycles. The Morgan fingerprint density at radius 2 is 2.11 bits per heavy atom. The van der Waals surface area contributed by atoms with Gasteiger partial charge in [0, 0.05) is 17.4 Å². The zero-order valence-corrected chi connectivity index (χ0v) is 12.4. The van der Waals surface area contributed by atoms with Crippen LogP contribution in [0.2, 0.25) is 0 Å². The number of thiazole rings is 1. The first-order chi connectivity index (χ1) is 9.13. The topological polar surface area (TPSA) is 59.9 Å². The van der Waals surface area contributed by atoms with Gasteiger partial charge < -0.3 is 10.1 Å². The second kappa shape index (κ2) is 6.08. The molecule has 6 heteroatoms. The third kappa shape index (κ3) is 3.27. The number of aromatic nitrogens is 3. The molecule has 2 aromatic rings. The van der Waals surface area contributed by atoms with Gasteiger partial charge in [0.05, 0.1) is 29.5 Å². The van der Waals surface area contributed by atoms with E-state index in [2.05, 4.69) is 27.4 Å². The maximum Gasteiger partial charge on any atom is 0.233 e. The Morgan fingerprint density at radius 1 is 1.32 bits per heavy atom. The zero-order valence-electron chi connectivity index (χ0n) is 11.6. The van der Waals surface area contributed by atoms with Crippen LogP contribution in [0.5, 0.6) is 5.88 Å². The summed E-state index contributed by atoms with van der Waals surface area (Å²) in [6.07, 6.45) is 0.816. The van der Waals surface area contributed by atoms with Crippen molar-refractivity contribution < 1.29 is 4.74 Å². The van der Waals surface area contributed by atoms with Gasteiger partial charge in [0.15, 0.2) is 0 Å². The van der Waals surface area contributed by atoms with Crippen molar-refractivity contribution in [3.05, 3.63) is 33.4 Å². The van der Waals surface area contributed by atoms with Gasteiger partial charge in [-0.05, 0) is 27.0 Å². The van der Waals surface area contributed by atoms with E-state index in [1.165, 1.54) is 4.88 Å². The predicted octanol–water partition coefficient (Wildman–Crippen LogP) is 2.06. The number of nitrogens with one attached hydrogen (secondary N) is 1. The number of rotatable bonds is 5. The third-order valence-electron chi connectivity index (χ3n) is 3.03.